The van der Waals surface area contributed by atoms with Crippen molar-refractivity contribution in [2.24, 2.45) is 0 Å². The molecule has 1 saturated heterocycles. The molecule has 0 atom stereocenters. The maximum absolute atomic E-state index is 12.6. The standard InChI is InChI=1S/C20H24N2O3S/c1-2-16-6-10-18(11-7-16)21-20(23)17-8-12-19(13-9-17)26(24,25)22-14-4-3-5-15-22/h6-13H,2-5,14-15H2,1H3,(H,21,23). The van der Waals surface area contributed by atoms with Crippen molar-refractivity contribution in [2.75, 3.05) is 18.4 Å². The van der Waals surface area contributed by atoms with Crippen molar-refractivity contribution in [2.45, 2.75) is 37.5 Å². The number of carbonyl (C=O) groups is 1. The fraction of sp³-hybridized carbons (Fsp3) is 0.350. The number of hydrogen-bond acceptors (Lipinski definition) is 3. The maximum atomic E-state index is 12.6. The van der Waals surface area contributed by atoms with Gasteiger partial charge in [0, 0.05) is 24.3 Å². The van der Waals surface area contributed by atoms with Gasteiger partial charge in [-0.15, -0.1) is 0 Å². The van der Waals surface area contributed by atoms with Crippen LogP contribution in [0.3, 0.4) is 0 Å². The molecule has 0 spiro atoms. The van der Waals surface area contributed by atoms with Crippen LogP contribution in [0.15, 0.2) is 53.4 Å². The van der Waals surface area contributed by atoms with Gasteiger partial charge < -0.3 is 5.32 Å². The van der Waals surface area contributed by atoms with Gasteiger partial charge in [-0.3, -0.25) is 4.79 Å². The molecule has 6 heteroatoms. The molecule has 1 N–H and O–H groups in total. The van der Waals surface area contributed by atoms with Gasteiger partial charge in [0.25, 0.3) is 5.91 Å². The van der Waals surface area contributed by atoms with Crippen molar-refractivity contribution in [3.8, 4) is 0 Å². The van der Waals surface area contributed by atoms with E-state index < -0.39 is 10.0 Å². The molecule has 0 unspecified atom stereocenters. The minimum Gasteiger partial charge on any atom is -0.322 e. The third-order valence-electron chi connectivity index (χ3n) is 4.69. The topological polar surface area (TPSA) is 66.5 Å². The quantitative estimate of drug-likeness (QED) is 0.871. The summed E-state index contributed by atoms with van der Waals surface area (Å²) < 4.78 is 26.8. The van der Waals surface area contributed by atoms with Gasteiger partial charge in [0.05, 0.1) is 4.90 Å². The van der Waals surface area contributed by atoms with Crippen LogP contribution in [0, 0.1) is 0 Å². The summed E-state index contributed by atoms with van der Waals surface area (Å²) in [6.45, 7) is 3.21. The van der Waals surface area contributed by atoms with Crippen LogP contribution in [0.1, 0.15) is 42.1 Å². The highest BCUT2D eigenvalue weighted by Gasteiger charge is 2.25. The lowest BCUT2D eigenvalue weighted by molar-refractivity contribution is 0.102. The van der Waals surface area contributed by atoms with Crippen LogP contribution in [-0.2, 0) is 16.4 Å². The van der Waals surface area contributed by atoms with E-state index in [4.69, 9.17) is 0 Å². The molecule has 1 amide bonds. The Labute approximate surface area is 155 Å². The van der Waals surface area contributed by atoms with E-state index in [-0.39, 0.29) is 10.8 Å². The van der Waals surface area contributed by atoms with Gasteiger partial charge in [-0.2, -0.15) is 4.31 Å². The molecule has 1 fully saturated rings. The van der Waals surface area contributed by atoms with E-state index in [9.17, 15) is 13.2 Å². The summed E-state index contributed by atoms with van der Waals surface area (Å²) in [4.78, 5) is 12.6. The summed E-state index contributed by atoms with van der Waals surface area (Å²) in [6, 6.07) is 13.8. The first kappa shape index (κ1) is 18.6. The molecule has 138 valence electrons. The largest absolute Gasteiger partial charge is 0.322 e. The van der Waals surface area contributed by atoms with E-state index in [1.165, 1.54) is 22.0 Å². The SMILES string of the molecule is CCc1ccc(NC(=O)c2ccc(S(=O)(=O)N3CCCCC3)cc2)cc1. The number of carbonyl (C=O) groups excluding carboxylic acids is 1. The Kier molecular flexibility index (Phi) is 5.74. The van der Waals surface area contributed by atoms with Crippen LogP contribution < -0.4 is 5.32 Å². The Morgan fingerprint density at radius 1 is 0.962 bits per heavy atom. The fourth-order valence-corrected chi connectivity index (χ4v) is 4.58. The molecule has 5 nitrogen and oxygen atoms in total. The number of anilines is 1. The monoisotopic (exact) mass is 372 g/mol. The Balaban J connectivity index is 1.70. The highest BCUT2D eigenvalue weighted by molar-refractivity contribution is 7.89. The molecule has 0 saturated carbocycles. The fourth-order valence-electron chi connectivity index (χ4n) is 3.06. The van der Waals surface area contributed by atoms with Crippen molar-refractivity contribution in [1.29, 1.82) is 0 Å². The number of piperidine rings is 1. The van der Waals surface area contributed by atoms with Gasteiger partial charge in [-0.1, -0.05) is 25.5 Å². The number of aryl methyl sites for hydroxylation is 1. The normalized spacial score (nSPS) is 15.6. The number of rotatable bonds is 5. The summed E-state index contributed by atoms with van der Waals surface area (Å²) in [5.74, 6) is -0.254. The summed E-state index contributed by atoms with van der Waals surface area (Å²) in [6.07, 6.45) is 3.82. The molecular formula is C20H24N2O3S. The molecule has 1 aliphatic heterocycles. The minimum absolute atomic E-state index is 0.239. The van der Waals surface area contributed by atoms with Crippen LogP contribution in [0.25, 0.3) is 0 Å². The number of benzene rings is 2. The second-order valence-electron chi connectivity index (χ2n) is 6.49. The van der Waals surface area contributed by atoms with Crippen LogP contribution >= 0.6 is 0 Å². The average molecular weight is 372 g/mol. The van der Waals surface area contributed by atoms with E-state index in [0.29, 0.717) is 18.7 Å². The van der Waals surface area contributed by atoms with E-state index in [1.54, 1.807) is 12.1 Å². The summed E-state index contributed by atoms with van der Waals surface area (Å²) in [7, 11) is -3.47. The zero-order valence-electron chi connectivity index (χ0n) is 14.9. The Morgan fingerprint density at radius 2 is 1.58 bits per heavy atom. The Morgan fingerprint density at radius 3 is 2.15 bits per heavy atom. The second kappa shape index (κ2) is 8.01. The molecule has 0 aromatic heterocycles. The molecule has 0 radical (unpaired) electrons. The van der Waals surface area contributed by atoms with Crippen molar-refractivity contribution in [3.05, 3.63) is 59.7 Å². The van der Waals surface area contributed by atoms with Crippen molar-refractivity contribution in [3.63, 3.8) is 0 Å². The van der Waals surface area contributed by atoms with Gasteiger partial charge >= 0.3 is 0 Å². The van der Waals surface area contributed by atoms with Gasteiger partial charge in [-0.05, 0) is 61.2 Å². The highest BCUT2D eigenvalue weighted by atomic mass is 32.2. The van der Waals surface area contributed by atoms with E-state index in [1.807, 2.05) is 24.3 Å². The zero-order chi connectivity index (χ0) is 18.6. The first-order valence-electron chi connectivity index (χ1n) is 9.01. The van der Waals surface area contributed by atoms with Crippen LogP contribution in [0.5, 0.6) is 0 Å². The summed E-state index contributed by atoms with van der Waals surface area (Å²) in [5, 5.41) is 2.83. The number of nitrogens with zero attached hydrogens (tertiary/aromatic N) is 1. The van der Waals surface area contributed by atoms with Crippen LogP contribution in [0.2, 0.25) is 0 Å². The Hall–Kier alpha value is -2.18. The third-order valence-corrected chi connectivity index (χ3v) is 6.60. The van der Waals surface area contributed by atoms with Gasteiger partial charge in [0.2, 0.25) is 10.0 Å². The molecule has 2 aromatic carbocycles. The molecule has 1 heterocycles. The number of sulfonamides is 1. The maximum Gasteiger partial charge on any atom is 0.255 e. The molecule has 0 bridgehead atoms. The van der Waals surface area contributed by atoms with Crippen LogP contribution in [0.4, 0.5) is 5.69 Å². The van der Waals surface area contributed by atoms with Gasteiger partial charge in [0.1, 0.15) is 0 Å². The molecule has 0 aliphatic carbocycles. The predicted octanol–water partition coefficient (Wildman–Crippen LogP) is 3.68. The second-order valence-corrected chi connectivity index (χ2v) is 8.43. The van der Waals surface area contributed by atoms with E-state index in [0.717, 1.165) is 31.4 Å². The smallest absolute Gasteiger partial charge is 0.255 e. The molecular weight excluding hydrogens is 348 g/mol. The highest BCUT2D eigenvalue weighted by Crippen LogP contribution is 2.21. The lowest BCUT2D eigenvalue weighted by Gasteiger charge is -2.25. The first-order valence-corrected chi connectivity index (χ1v) is 10.5. The third kappa shape index (κ3) is 4.14. The number of hydrogen-bond donors (Lipinski definition) is 1. The molecule has 2 aromatic rings. The average Bonchev–Trinajstić information content (AvgIpc) is 2.69. The van der Waals surface area contributed by atoms with Gasteiger partial charge in [0.15, 0.2) is 0 Å². The molecule has 26 heavy (non-hydrogen) atoms. The van der Waals surface area contributed by atoms with E-state index in [2.05, 4.69) is 12.2 Å². The van der Waals surface area contributed by atoms with Gasteiger partial charge in [-0.25, -0.2) is 8.42 Å². The van der Waals surface area contributed by atoms with E-state index >= 15 is 0 Å². The summed E-state index contributed by atoms with van der Waals surface area (Å²) in [5.41, 5.74) is 2.36. The zero-order valence-corrected chi connectivity index (χ0v) is 15.8. The lowest BCUT2D eigenvalue weighted by atomic mass is 10.1. The molecule has 1 aliphatic rings. The molecule has 3 rings (SSSR count). The Bertz CT molecular complexity index is 853. The predicted molar refractivity (Wildman–Crippen MR) is 103 cm³/mol. The summed E-state index contributed by atoms with van der Waals surface area (Å²) >= 11 is 0. The lowest BCUT2D eigenvalue weighted by Crippen LogP contribution is -2.35. The van der Waals surface area contributed by atoms with Crippen molar-refractivity contribution in [1.82, 2.24) is 4.31 Å². The van der Waals surface area contributed by atoms with Crippen molar-refractivity contribution >= 4 is 21.6 Å². The number of nitrogens with one attached hydrogen (secondary N) is 1. The van der Waals surface area contributed by atoms with Crippen molar-refractivity contribution < 1.29 is 13.2 Å². The first-order chi connectivity index (χ1) is 12.5. The van der Waals surface area contributed by atoms with Crippen LogP contribution in [-0.4, -0.2) is 31.7 Å². The number of amides is 1. The minimum atomic E-state index is -3.47.